The first-order valence-corrected chi connectivity index (χ1v) is 7.16. The number of likely N-dealkylation sites (tertiary alicyclic amines) is 1. The van der Waals surface area contributed by atoms with Crippen molar-refractivity contribution in [2.75, 3.05) is 33.7 Å². The lowest BCUT2D eigenvalue weighted by Gasteiger charge is -2.22. The number of ketones is 1. The van der Waals surface area contributed by atoms with Crippen LogP contribution in [0.2, 0.25) is 0 Å². The van der Waals surface area contributed by atoms with Gasteiger partial charge in [0.25, 0.3) is 0 Å². The molecule has 2 unspecified atom stereocenters. The Kier molecular flexibility index (Phi) is 4.89. The summed E-state index contributed by atoms with van der Waals surface area (Å²) >= 11 is 0. The van der Waals surface area contributed by atoms with Crippen LogP contribution in [0.25, 0.3) is 0 Å². The fraction of sp³-hybridized carbons (Fsp3) is 0.562. The lowest BCUT2D eigenvalue weighted by molar-refractivity contribution is 0.0896. The SMILES string of the molecule is CC(CN1CCC(N(C)C)C1)C(=O)c1ccccc1F. The smallest absolute Gasteiger partial charge is 0.169 e. The van der Waals surface area contributed by atoms with E-state index in [0.717, 1.165) is 19.5 Å². The van der Waals surface area contributed by atoms with E-state index >= 15 is 0 Å². The number of Topliss-reactive ketones (excluding diaryl/α,β-unsaturated/α-hetero) is 1. The molecule has 1 aliphatic rings. The Labute approximate surface area is 120 Å². The molecule has 1 aromatic carbocycles. The molecular formula is C16H23FN2O. The highest BCUT2D eigenvalue weighted by Crippen LogP contribution is 2.18. The second kappa shape index (κ2) is 6.46. The minimum absolute atomic E-state index is 0.101. The molecule has 0 amide bonds. The first-order valence-electron chi connectivity index (χ1n) is 7.16. The molecule has 110 valence electrons. The van der Waals surface area contributed by atoms with E-state index in [1.54, 1.807) is 18.2 Å². The van der Waals surface area contributed by atoms with E-state index in [-0.39, 0.29) is 17.3 Å². The Hall–Kier alpha value is -1.26. The molecule has 3 nitrogen and oxygen atoms in total. The van der Waals surface area contributed by atoms with Gasteiger partial charge in [-0.05, 0) is 39.2 Å². The highest BCUT2D eigenvalue weighted by molar-refractivity contribution is 5.98. The van der Waals surface area contributed by atoms with Gasteiger partial charge >= 0.3 is 0 Å². The van der Waals surface area contributed by atoms with Crippen LogP contribution in [0.1, 0.15) is 23.7 Å². The minimum Gasteiger partial charge on any atom is -0.305 e. The second-order valence-electron chi connectivity index (χ2n) is 5.91. The van der Waals surface area contributed by atoms with Gasteiger partial charge in [0.05, 0.1) is 5.56 Å². The van der Waals surface area contributed by atoms with Crippen LogP contribution < -0.4 is 0 Å². The van der Waals surface area contributed by atoms with E-state index in [1.807, 2.05) is 6.92 Å². The van der Waals surface area contributed by atoms with Crippen molar-refractivity contribution in [2.45, 2.75) is 19.4 Å². The Morgan fingerprint density at radius 3 is 2.75 bits per heavy atom. The van der Waals surface area contributed by atoms with Crippen LogP contribution in [0.4, 0.5) is 4.39 Å². The number of rotatable bonds is 5. The molecule has 1 saturated heterocycles. The molecule has 1 fully saturated rings. The van der Waals surface area contributed by atoms with Gasteiger partial charge in [-0.15, -0.1) is 0 Å². The summed E-state index contributed by atoms with van der Waals surface area (Å²) in [6.45, 7) is 4.59. The number of carbonyl (C=O) groups is 1. The summed E-state index contributed by atoms with van der Waals surface area (Å²) in [7, 11) is 4.17. The number of hydrogen-bond acceptors (Lipinski definition) is 3. The van der Waals surface area contributed by atoms with E-state index in [1.165, 1.54) is 6.07 Å². The summed E-state index contributed by atoms with van der Waals surface area (Å²) in [6, 6.07) is 6.80. The van der Waals surface area contributed by atoms with Gasteiger partial charge in [-0.2, -0.15) is 0 Å². The van der Waals surface area contributed by atoms with Crippen molar-refractivity contribution in [3.8, 4) is 0 Å². The van der Waals surface area contributed by atoms with Crippen LogP contribution >= 0.6 is 0 Å². The van der Waals surface area contributed by atoms with E-state index in [4.69, 9.17) is 0 Å². The summed E-state index contributed by atoms with van der Waals surface area (Å²) in [5, 5.41) is 0. The molecule has 4 heteroatoms. The predicted octanol–water partition coefficient (Wildman–Crippen LogP) is 2.28. The highest BCUT2D eigenvalue weighted by atomic mass is 19.1. The van der Waals surface area contributed by atoms with Gasteiger partial charge in [0.15, 0.2) is 5.78 Å². The lowest BCUT2D eigenvalue weighted by Crippen LogP contribution is -2.34. The van der Waals surface area contributed by atoms with Crippen molar-refractivity contribution < 1.29 is 9.18 Å². The van der Waals surface area contributed by atoms with Gasteiger partial charge in [-0.1, -0.05) is 19.1 Å². The van der Waals surface area contributed by atoms with Gasteiger partial charge in [-0.3, -0.25) is 4.79 Å². The van der Waals surface area contributed by atoms with Crippen LogP contribution in [0.15, 0.2) is 24.3 Å². The number of hydrogen-bond donors (Lipinski definition) is 0. The monoisotopic (exact) mass is 278 g/mol. The highest BCUT2D eigenvalue weighted by Gasteiger charge is 2.27. The zero-order valence-corrected chi connectivity index (χ0v) is 12.5. The Morgan fingerprint density at radius 2 is 2.15 bits per heavy atom. The van der Waals surface area contributed by atoms with E-state index in [0.29, 0.717) is 12.6 Å². The van der Waals surface area contributed by atoms with Gasteiger partial charge in [0.2, 0.25) is 0 Å². The van der Waals surface area contributed by atoms with E-state index in [2.05, 4.69) is 23.9 Å². The predicted molar refractivity (Wildman–Crippen MR) is 78.4 cm³/mol. The van der Waals surface area contributed by atoms with Gasteiger partial charge < -0.3 is 9.80 Å². The fourth-order valence-electron chi connectivity index (χ4n) is 2.80. The quantitative estimate of drug-likeness (QED) is 0.772. The van der Waals surface area contributed by atoms with Crippen LogP contribution in [-0.4, -0.2) is 55.4 Å². The summed E-state index contributed by atoms with van der Waals surface area (Å²) in [5.41, 5.74) is 0.211. The topological polar surface area (TPSA) is 23.6 Å². The van der Waals surface area contributed by atoms with Gasteiger partial charge in [-0.25, -0.2) is 4.39 Å². The molecule has 0 spiro atoms. The summed E-state index contributed by atoms with van der Waals surface area (Å²) in [6.07, 6.45) is 1.13. The summed E-state index contributed by atoms with van der Waals surface area (Å²) in [5.74, 6) is -0.693. The molecule has 1 aliphatic heterocycles. The molecule has 2 atom stereocenters. The number of likely N-dealkylation sites (N-methyl/N-ethyl adjacent to an activating group) is 1. The Bertz CT molecular complexity index is 475. The Morgan fingerprint density at radius 1 is 1.45 bits per heavy atom. The normalized spacial score (nSPS) is 21.4. The third-order valence-electron chi connectivity index (χ3n) is 4.10. The van der Waals surface area contributed by atoms with Crippen LogP contribution in [0.5, 0.6) is 0 Å². The van der Waals surface area contributed by atoms with Crippen molar-refractivity contribution in [1.82, 2.24) is 9.80 Å². The molecule has 0 N–H and O–H groups in total. The maximum Gasteiger partial charge on any atom is 0.169 e. The fourth-order valence-corrected chi connectivity index (χ4v) is 2.80. The van der Waals surface area contributed by atoms with E-state index < -0.39 is 5.82 Å². The van der Waals surface area contributed by atoms with Crippen molar-refractivity contribution in [3.63, 3.8) is 0 Å². The summed E-state index contributed by atoms with van der Waals surface area (Å²) < 4.78 is 13.6. The molecular weight excluding hydrogens is 255 g/mol. The molecule has 1 aromatic rings. The second-order valence-corrected chi connectivity index (χ2v) is 5.91. The van der Waals surface area contributed by atoms with Crippen molar-refractivity contribution in [3.05, 3.63) is 35.6 Å². The average Bonchev–Trinajstić information content (AvgIpc) is 2.87. The first-order chi connectivity index (χ1) is 9.49. The van der Waals surface area contributed by atoms with Crippen molar-refractivity contribution in [1.29, 1.82) is 0 Å². The lowest BCUT2D eigenvalue weighted by atomic mass is 9.98. The van der Waals surface area contributed by atoms with E-state index in [9.17, 15) is 9.18 Å². The maximum absolute atomic E-state index is 13.6. The number of carbonyl (C=O) groups excluding carboxylic acids is 1. The molecule has 0 bridgehead atoms. The number of nitrogens with zero attached hydrogens (tertiary/aromatic N) is 2. The number of benzene rings is 1. The van der Waals surface area contributed by atoms with Crippen molar-refractivity contribution in [2.24, 2.45) is 5.92 Å². The third kappa shape index (κ3) is 3.44. The molecule has 20 heavy (non-hydrogen) atoms. The first kappa shape index (κ1) is 15.1. The minimum atomic E-state index is -0.420. The largest absolute Gasteiger partial charge is 0.305 e. The zero-order valence-electron chi connectivity index (χ0n) is 12.5. The van der Waals surface area contributed by atoms with Gasteiger partial charge in [0.1, 0.15) is 5.82 Å². The van der Waals surface area contributed by atoms with Crippen LogP contribution in [0.3, 0.4) is 0 Å². The van der Waals surface area contributed by atoms with Gasteiger partial charge in [0, 0.05) is 25.0 Å². The summed E-state index contributed by atoms with van der Waals surface area (Å²) in [4.78, 5) is 16.8. The third-order valence-corrected chi connectivity index (χ3v) is 4.10. The molecule has 0 aromatic heterocycles. The standard InChI is InChI=1S/C16H23FN2O/c1-12(10-19-9-8-13(11-19)18(2)3)16(20)14-6-4-5-7-15(14)17/h4-7,12-13H,8-11H2,1-3H3. The number of halogens is 1. The maximum atomic E-state index is 13.6. The Balaban J connectivity index is 1.94. The average molecular weight is 278 g/mol. The van der Waals surface area contributed by atoms with Crippen molar-refractivity contribution >= 4 is 5.78 Å². The zero-order chi connectivity index (χ0) is 14.7. The molecule has 0 aliphatic carbocycles. The molecule has 2 rings (SSSR count). The molecule has 0 saturated carbocycles. The van der Waals surface area contributed by atoms with Crippen LogP contribution in [0, 0.1) is 11.7 Å². The molecule has 0 radical (unpaired) electrons. The van der Waals surface area contributed by atoms with Crippen LogP contribution in [-0.2, 0) is 0 Å². The molecule has 1 heterocycles.